The molecule has 0 aliphatic rings. The fourth-order valence-corrected chi connectivity index (χ4v) is 1.34. The average molecular weight is 237 g/mol. The molecule has 17 heavy (non-hydrogen) atoms. The van der Waals surface area contributed by atoms with Gasteiger partial charge in [-0.1, -0.05) is 0 Å². The predicted octanol–water partition coefficient (Wildman–Crippen LogP) is 0.785. The molecule has 3 N–H and O–H groups in total. The fraction of sp³-hybridized carbons (Fsp3) is 0.417. The number of carbonyl (C=O) groups is 1. The maximum absolute atomic E-state index is 11.6. The summed E-state index contributed by atoms with van der Waals surface area (Å²) in [6, 6.07) is 7.07. The number of nitrogens with zero attached hydrogens (tertiary/aromatic N) is 1. The van der Waals surface area contributed by atoms with Crippen LogP contribution in [0.5, 0.6) is 0 Å². The first kappa shape index (κ1) is 13.5. The number of nitrogens with one attached hydrogen (secondary N) is 1. The molecule has 1 amide bonds. The van der Waals surface area contributed by atoms with Crippen molar-refractivity contribution in [3.63, 3.8) is 0 Å². The summed E-state index contributed by atoms with van der Waals surface area (Å²) in [6.45, 7) is 1.69. The van der Waals surface area contributed by atoms with E-state index in [1.807, 2.05) is 11.9 Å². The number of ether oxygens (including phenoxy) is 1. The molecule has 0 saturated carbocycles. The lowest BCUT2D eigenvalue weighted by atomic mass is 10.3. The van der Waals surface area contributed by atoms with Gasteiger partial charge in [-0.25, -0.2) is 0 Å². The molecule has 5 nitrogen and oxygen atoms in total. The average Bonchev–Trinajstić information content (AvgIpc) is 2.29. The van der Waals surface area contributed by atoms with Crippen LogP contribution in [-0.2, 0) is 9.53 Å². The van der Waals surface area contributed by atoms with Gasteiger partial charge in [-0.05, 0) is 31.3 Å². The molecule has 0 heterocycles. The molecule has 0 aliphatic heterocycles. The Morgan fingerprint density at radius 2 is 2.06 bits per heavy atom. The third-order valence-corrected chi connectivity index (χ3v) is 2.29. The Morgan fingerprint density at radius 1 is 1.41 bits per heavy atom. The van der Waals surface area contributed by atoms with Gasteiger partial charge in [0, 0.05) is 25.0 Å². The van der Waals surface area contributed by atoms with Crippen molar-refractivity contribution >= 4 is 17.3 Å². The maximum Gasteiger partial charge on any atom is 0.238 e. The lowest BCUT2D eigenvalue weighted by Gasteiger charge is -2.15. The second-order valence-electron chi connectivity index (χ2n) is 3.90. The van der Waals surface area contributed by atoms with Gasteiger partial charge in [-0.2, -0.15) is 0 Å². The van der Waals surface area contributed by atoms with E-state index in [9.17, 15) is 4.79 Å². The van der Waals surface area contributed by atoms with Gasteiger partial charge in [-0.3, -0.25) is 9.69 Å². The van der Waals surface area contributed by atoms with Crippen molar-refractivity contribution in [2.45, 2.75) is 0 Å². The number of hydrogen-bond donors (Lipinski definition) is 2. The van der Waals surface area contributed by atoms with Crippen LogP contribution in [-0.4, -0.2) is 44.7 Å². The Kier molecular flexibility index (Phi) is 5.45. The highest BCUT2D eigenvalue weighted by atomic mass is 16.5. The normalized spacial score (nSPS) is 10.5. The first-order valence-electron chi connectivity index (χ1n) is 5.44. The fourth-order valence-electron chi connectivity index (χ4n) is 1.34. The molecule has 5 heteroatoms. The number of nitrogens with two attached hydrogens (primary N) is 1. The molecular weight excluding hydrogens is 218 g/mol. The van der Waals surface area contributed by atoms with Gasteiger partial charge in [0.25, 0.3) is 0 Å². The van der Waals surface area contributed by atoms with E-state index in [1.165, 1.54) is 0 Å². The first-order valence-corrected chi connectivity index (χ1v) is 5.44. The van der Waals surface area contributed by atoms with Gasteiger partial charge in [-0.15, -0.1) is 0 Å². The number of rotatable bonds is 6. The minimum atomic E-state index is -0.0478. The Bertz CT molecular complexity index is 351. The van der Waals surface area contributed by atoms with Gasteiger partial charge in [0.15, 0.2) is 0 Å². The lowest BCUT2D eigenvalue weighted by Crippen LogP contribution is -2.32. The second-order valence-corrected chi connectivity index (χ2v) is 3.90. The number of methoxy groups -OCH3 is 1. The first-order chi connectivity index (χ1) is 8.11. The number of likely N-dealkylation sites (N-methyl/N-ethyl adjacent to an activating group) is 1. The van der Waals surface area contributed by atoms with Gasteiger partial charge in [0.2, 0.25) is 5.91 Å². The molecule has 0 fully saturated rings. The summed E-state index contributed by atoms with van der Waals surface area (Å²) in [5, 5.41) is 2.80. The number of anilines is 2. The molecule has 0 saturated heterocycles. The van der Waals surface area contributed by atoms with Crippen molar-refractivity contribution in [1.82, 2.24) is 4.90 Å². The van der Waals surface area contributed by atoms with Crippen LogP contribution in [0, 0.1) is 0 Å². The van der Waals surface area contributed by atoms with Crippen LogP contribution in [0.3, 0.4) is 0 Å². The SMILES string of the molecule is COCCN(C)CC(=O)Nc1ccc(N)cc1. The molecule has 0 bridgehead atoms. The topological polar surface area (TPSA) is 67.6 Å². The summed E-state index contributed by atoms with van der Waals surface area (Å²) in [5.74, 6) is -0.0478. The molecular formula is C12H19N3O2. The van der Waals surface area contributed by atoms with E-state index in [0.29, 0.717) is 18.8 Å². The Morgan fingerprint density at radius 3 is 2.65 bits per heavy atom. The lowest BCUT2D eigenvalue weighted by molar-refractivity contribution is -0.117. The number of amides is 1. The Labute approximate surface area is 102 Å². The van der Waals surface area contributed by atoms with Crippen molar-refractivity contribution in [2.24, 2.45) is 0 Å². The van der Waals surface area contributed by atoms with Crippen LogP contribution in [0.15, 0.2) is 24.3 Å². The molecule has 0 aromatic heterocycles. The molecule has 0 unspecified atom stereocenters. The van der Waals surface area contributed by atoms with Crippen molar-refractivity contribution < 1.29 is 9.53 Å². The van der Waals surface area contributed by atoms with Crippen molar-refractivity contribution in [3.8, 4) is 0 Å². The highest BCUT2D eigenvalue weighted by molar-refractivity contribution is 5.92. The summed E-state index contributed by atoms with van der Waals surface area (Å²) >= 11 is 0. The molecule has 0 atom stereocenters. The van der Waals surface area contributed by atoms with Crippen LogP contribution in [0.4, 0.5) is 11.4 Å². The van der Waals surface area contributed by atoms with E-state index in [4.69, 9.17) is 10.5 Å². The van der Waals surface area contributed by atoms with E-state index in [-0.39, 0.29) is 5.91 Å². The Hall–Kier alpha value is -1.59. The second kappa shape index (κ2) is 6.88. The summed E-state index contributed by atoms with van der Waals surface area (Å²) in [7, 11) is 3.52. The van der Waals surface area contributed by atoms with Gasteiger partial charge in [0.1, 0.15) is 0 Å². The molecule has 1 rings (SSSR count). The van der Waals surface area contributed by atoms with Crippen molar-refractivity contribution in [2.75, 3.05) is 44.9 Å². The van der Waals surface area contributed by atoms with E-state index >= 15 is 0 Å². The molecule has 94 valence electrons. The number of carbonyl (C=O) groups excluding carboxylic acids is 1. The predicted molar refractivity (Wildman–Crippen MR) is 68.9 cm³/mol. The quantitative estimate of drug-likeness (QED) is 0.718. The smallest absolute Gasteiger partial charge is 0.238 e. The molecule has 0 spiro atoms. The van der Waals surface area contributed by atoms with Gasteiger partial charge in [0.05, 0.1) is 13.2 Å². The van der Waals surface area contributed by atoms with Crippen LogP contribution < -0.4 is 11.1 Å². The minimum absolute atomic E-state index is 0.0478. The molecule has 1 aromatic carbocycles. The zero-order valence-electron chi connectivity index (χ0n) is 10.3. The summed E-state index contributed by atoms with van der Waals surface area (Å²) < 4.78 is 4.94. The van der Waals surface area contributed by atoms with Gasteiger partial charge < -0.3 is 15.8 Å². The monoisotopic (exact) mass is 237 g/mol. The largest absolute Gasteiger partial charge is 0.399 e. The minimum Gasteiger partial charge on any atom is -0.399 e. The number of hydrogen-bond acceptors (Lipinski definition) is 4. The number of benzene rings is 1. The van der Waals surface area contributed by atoms with Crippen molar-refractivity contribution in [3.05, 3.63) is 24.3 Å². The highest BCUT2D eigenvalue weighted by Crippen LogP contribution is 2.10. The van der Waals surface area contributed by atoms with Crippen LogP contribution in [0.2, 0.25) is 0 Å². The molecule has 0 aliphatic carbocycles. The van der Waals surface area contributed by atoms with Crippen LogP contribution >= 0.6 is 0 Å². The number of nitrogen functional groups attached to an aromatic ring is 1. The van der Waals surface area contributed by atoms with Crippen molar-refractivity contribution in [1.29, 1.82) is 0 Å². The standard InChI is InChI=1S/C12H19N3O2/c1-15(7-8-17-2)9-12(16)14-11-5-3-10(13)4-6-11/h3-6H,7-9,13H2,1-2H3,(H,14,16). The van der Waals surface area contributed by atoms with E-state index < -0.39 is 0 Å². The molecule has 1 aromatic rings. The Balaban J connectivity index is 2.36. The maximum atomic E-state index is 11.6. The zero-order chi connectivity index (χ0) is 12.7. The van der Waals surface area contributed by atoms with E-state index in [2.05, 4.69) is 5.32 Å². The summed E-state index contributed by atoms with van der Waals surface area (Å²) in [5.41, 5.74) is 6.99. The zero-order valence-corrected chi connectivity index (χ0v) is 10.3. The third-order valence-electron chi connectivity index (χ3n) is 2.29. The van der Waals surface area contributed by atoms with Crippen LogP contribution in [0.1, 0.15) is 0 Å². The van der Waals surface area contributed by atoms with E-state index in [0.717, 1.165) is 12.2 Å². The summed E-state index contributed by atoms with van der Waals surface area (Å²) in [4.78, 5) is 13.5. The molecule has 0 radical (unpaired) electrons. The van der Waals surface area contributed by atoms with Gasteiger partial charge >= 0.3 is 0 Å². The van der Waals surface area contributed by atoms with Crippen LogP contribution in [0.25, 0.3) is 0 Å². The van der Waals surface area contributed by atoms with E-state index in [1.54, 1.807) is 31.4 Å². The third kappa shape index (κ3) is 5.33. The highest BCUT2D eigenvalue weighted by Gasteiger charge is 2.06. The summed E-state index contributed by atoms with van der Waals surface area (Å²) in [6.07, 6.45) is 0.